The fraction of sp³-hybridized carbons (Fsp3) is 0.682. The third kappa shape index (κ3) is 7.23. The number of nitrogens with two attached hydrogens (primary N) is 1. The third-order valence-corrected chi connectivity index (χ3v) is 6.62. The Balaban J connectivity index is 1.99. The van der Waals surface area contributed by atoms with Gasteiger partial charge in [0.2, 0.25) is 0 Å². The molecule has 1 aliphatic carbocycles. The number of rotatable bonds is 11. The largest absolute Gasteiger partial charge is 0.398 e. The van der Waals surface area contributed by atoms with E-state index in [1.54, 1.807) is 0 Å². The third-order valence-electron chi connectivity index (χ3n) is 5.69. The molecule has 0 heterocycles. The highest BCUT2D eigenvalue weighted by atomic mass is 79.9. The van der Waals surface area contributed by atoms with Gasteiger partial charge in [0.25, 0.3) is 5.91 Å². The summed E-state index contributed by atoms with van der Waals surface area (Å²) in [5, 5.41) is 3.03. The van der Waals surface area contributed by atoms with Gasteiger partial charge in [-0.15, -0.1) is 11.6 Å². The second-order valence-electron chi connectivity index (χ2n) is 7.74. The number of carbonyl (C=O) groups is 1. The lowest BCUT2D eigenvalue weighted by molar-refractivity contribution is 0.0952. The molecule has 4 nitrogen and oxygen atoms in total. The Bertz CT molecular complexity index is 620. The molecule has 0 aliphatic heterocycles. The molecule has 1 aliphatic rings. The zero-order chi connectivity index (χ0) is 20.4. The van der Waals surface area contributed by atoms with E-state index in [9.17, 15) is 4.79 Å². The summed E-state index contributed by atoms with van der Waals surface area (Å²) in [6.45, 7) is 4.70. The number of benzene rings is 1. The Labute approximate surface area is 183 Å². The molecule has 158 valence electrons. The minimum atomic E-state index is -0.0278. The number of nitrogens with zero attached hydrogens (tertiary/aromatic N) is 1. The first-order chi connectivity index (χ1) is 13.6. The van der Waals surface area contributed by atoms with Crippen molar-refractivity contribution in [3.8, 4) is 0 Å². The molecule has 1 aromatic carbocycles. The molecule has 0 radical (unpaired) electrons. The number of carbonyl (C=O) groups excluding carboxylic acids is 1. The van der Waals surface area contributed by atoms with Crippen LogP contribution in [0.15, 0.2) is 16.6 Å². The van der Waals surface area contributed by atoms with Crippen molar-refractivity contribution in [2.75, 3.05) is 24.7 Å². The maximum absolute atomic E-state index is 12.6. The Kier molecular flexibility index (Phi) is 10.7. The topological polar surface area (TPSA) is 58.4 Å². The maximum atomic E-state index is 12.6. The summed E-state index contributed by atoms with van der Waals surface area (Å²) in [7, 11) is 0. The summed E-state index contributed by atoms with van der Waals surface area (Å²) in [6, 6.07) is 4.43. The van der Waals surface area contributed by atoms with Gasteiger partial charge in [0.05, 0.1) is 5.69 Å². The summed E-state index contributed by atoms with van der Waals surface area (Å²) >= 11 is 9.24. The van der Waals surface area contributed by atoms with Crippen molar-refractivity contribution in [1.29, 1.82) is 0 Å². The molecule has 0 aromatic heterocycles. The highest BCUT2D eigenvalue weighted by molar-refractivity contribution is 9.10. The molecule has 1 saturated carbocycles. The minimum Gasteiger partial charge on any atom is -0.398 e. The van der Waals surface area contributed by atoms with E-state index in [0.717, 1.165) is 54.5 Å². The van der Waals surface area contributed by atoms with Crippen molar-refractivity contribution in [2.45, 2.75) is 77.3 Å². The van der Waals surface area contributed by atoms with Gasteiger partial charge in [-0.3, -0.25) is 9.69 Å². The number of halogens is 2. The predicted octanol–water partition coefficient (Wildman–Crippen LogP) is 5.71. The van der Waals surface area contributed by atoms with Crippen molar-refractivity contribution in [3.05, 3.63) is 27.7 Å². The second kappa shape index (κ2) is 12.7. The number of amides is 1. The van der Waals surface area contributed by atoms with Crippen LogP contribution in [0, 0.1) is 0 Å². The smallest absolute Gasteiger partial charge is 0.251 e. The molecule has 28 heavy (non-hydrogen) atoms. The average Bonchev–Trinajstić information content (AvgIpc) is 2.72. The summed E-state index contributed by atoms with van der Waals surface area (Å²) < 4.78 is 0.803. The zero-order valence-electron chi connectivity index (χ0n) is 17.1. The SMILES string of the molecule is CCN(Cc1cc(C(=O)NCCCCCCCl)cc(Br)c1N)C1CCCCC1. The molecule has 6 heteroatoms. The average molecular weight is 473 g/mol. The molecule has 3 N–H and O–H groups in total. The van der Waals surface area contributed by atoms with Crippen LogP contribution in [0.2, 0.25) is 0 Å². The molecular weight excluding hydrogens is 438 g/mol. The van der Waals surface area contributed by atoms with E-state index in [1.807, 2.05) is 12.1 Å². The fourth-order valence-corrected chi connectivity index (χ4v) is 4.67. The Morgan fingerprint density at radius 1 is 1.21 bits per heavy atom. The Morgan fingerprint density at radius 3 is 2.61 bits per heavy atom. The standard InChI is InChI=1S/C22H35BrClN3O/c1-2-27(19-10-6-5-7-11-19)16-18-14-17(15-20(23)21(18)25)22(28)26-13-9-4-3-8-12-24/h14-15,19H,2-13,16,25H2,1H3,(H,26,28). The van der Waals surface area contributed by atoms with E-state index in [0.29, 0.717) is 24.0 Å². The van der Waals surface area contributed by atoms with Crippen molar-refractivity contribution in [2.24, 2.45) is 0 Å². The molecule has 2 rings (SSSR count). The highest BCUT2D eigenvalue weighted by Crippen LogP contribution is 2.29. The van der Waals surface area contributed by atoms with Crippen LogP contribution in [-0.2, 0) is 6.54 Å². The monoisotopic (exact) mass is 471 g/mol. The van der Waals surface area contributed by atoms with E-state index >= 15 is 0 Å². The molecule has 0 saturated heterocycles. The number of nitrogen functional groups attached to an aromatic ring is 1. The molecule has 1 aromatic rings. The number of anilines is 1. The van der Waals surface area contributed by atoms with Gasteiger partial charge in [0.15, 0.2) is 0 Å². The molecule has 0 unspecified atom stereocenters. The number of alkyl halides is 1. The number of hydrogen-bond acceptors (Lipinski definition) is 3. The van der Waals surface area contributed by atoms with Gasteiger partial charge in [0.1, 0.15) is 0 Å². The number of hydrogen-bond donors (Lipinski definition) is 2. The van der Waals surface area contributed by atoms with Crippen molar-refractivity contribution >= 4 is 39.1 Å². The lowest BCUT2D eigenvalue weighted by Gasteiger charge is -2.34. The van der Waals surface area contributed by atoms with E-state index in [-0.39, 0.29) is 5.91 Å². The van der Waals surface area contributed by atoms with E-state index in [2.05, 4.69) is 33.1 Å². The van der Waals surface area contributed by atoms with Gasteiger partial charge in [-0.05, 0) is 65.9 Å². The second-order valence-corrected chi connectivity index (χ2v) is 8.98. The van der Waals surface area contributed by atoms with Crippen LogP contribution in [0.5, 0.6) is 0 Å². The van der Waals surface area contributed by atoms with Crippen LogP contribution >= 0.6 is 27.5 Å². The van der Waals surface area contributed by atoms with Gasteiger partial charge in [-0.2, -0.15) is 0 Å². The molecule has 1 amide bonds. The summed E-state index contributed by atoms with van der Waals surface area (Å²) in [4.78, 5) is 15.1. The van der Waals surface area contributed by atoms with E-state index in [1.165, 1.54) is 32.1 Å². The van der Waals surface area contributed by atoms with Crippen molar-refractivity contribution in [1.82, 2.24) is 10.2 Å². The van der Waals surface area contributed by atoms with Crippen LogP contribution in [-0.4, -0.2) is 35.8 Å². The van der Waals surface area contributed by atoms with Crippen molar-refractivity contribution < 1.29 is 4.79 Å². The highest BCUT2D eigenvalue weighted by Gasteiger charge is 2.21. The summed E-state index contributed by atoms with van der Waals surface area (Å²) in [5.41, 5.74) is 8.79. The fourth-order valence-electron chi connectivity index (χ4n) is 3.98. The molecule has 1 fully saturated rings. The first kappa shape index (κ1) is 23.5. The van der Waals surface area contributed by atoms with Crippen LogP contribution in [0.25, 0.3) is 0 Å². The molecule has 0 spiro atoms. The quantitative estimate of drug-likeness (QED) is 0.246. The number of nitrogens with one attached hydrogen (secondary N) is 1. The first-order valence-corrected chi connectivity index (χ1v) is 12.1. The Hall–Kier alpha value is -0.780. The summed E-state index contributed by atoms with van der Waals surface area (Å²) in [6.07, 6.45) is 10.7. The van der Waals surface area contributed by atoms with Crippen molar-refractivity contribution in [3.63, 3.8) is 0 Å². The molecular formula is C22H35BrClN3O. The lowest BCUT2D eigenvalue weighted by Crippen LogP contribution is -2.36. The summed E-state index contributed by atoms with van der Waals surface area (Å²) in [5.74, 6) is 0.685. The van der Waals surface area contributed by atoms with Gasteiger partial charge in [0, 0.05) is 35.0 Å². The first-order valence-electron chi connectivity index (χ1n) is 10.7. The zero-order valence-corrected chi connectivity index (χ0v) is 19.5. The number of unbranched alkanes of at least 4 members (excludes halogenated alkanes) is 3. The molecule has 0 atom stereocenters. The van der Waals surface area contributed by atoms with E-state index in [4.69, 9.17) is 17.3 Å². The van der Waals surface area contributed by atoms with Gasteiger partial charge in [-0.25, -0.2) is 0 Å². The lowest BCUT2D eigenvalue weighted by atomic mass is 9.93. The molecule has 0 bridgehead atoms. The maximum Gasteiger partial charge on any atom is 0.251 e. The van der Waals surface area contributed by atoms with E-state index < -0.39 is 0 Å². The van der Waals surface area contributed by atoms with Crippen LogP contribution < -0.4 is 11.1 Å². The predicted molar refractivity (Wildman–Crippen MR) is 123 cm³/mol. The van der Waals surface area contributed by atoms with Crippen LogP contribution in [0.4, 0.5) is 5.69 Å². The van der Waals surface area contributed by atoms with Crippen LogP contribution in [0.3, 0.4) is 0 Å². The van der Waals surface area contributed by atoms with Gasteiger partial charge in [-0.1, -0.05) is 39.0 Å². The Morgan fingerprint density at radius 2 is 1.93 bits per heavy atom. The van der Waals surface area contributed by atoms with Gasteiger partial charge < -0.3 is 11.1 Å². The van der Waals surface area contributed by atoms with Gasteiger partial charge >= 0.3 is 0 Å². The normalized spacial score (nSPS) is 15.1. The minimum absolute atomic E-state index is 0.0278. The van der Waals surface area contributed by atoms with Crippen LogP contribution in [0.1, 0.15) is 80.6 Å².